The van der Waals surface area contributed by atoms with E-state index in [-0.39, 0.29) is 18.3 Å². The Hall–Kier alpha value is -4.79. The first-order valence-electron chi connectivity index (χ1n) is 10.2. The van der Waals surface area contributed by atoms with Crippen molar-refractivity contribution < 1.29 is 28.6 Å². The van der Waals surface area contributed by atoms with Gasteiger partial charge in [0.1, 0.15) is 12.4 Å². The van der Waals surface area contributed by atoms with Crippen molar-refractivity contribution in [2.24, 2.45) is 5.10 Å². The number of carbonyl (C=O) groups excluding carboxylic acids is 1. The number of aromatic carboxylic acids is 1. The minimum Gasteiger partial charge on any atom is -0.493 e. The van der Waals surface area contributed by atoms with Gasteiger partial charge in [0.2, 0.25) is 5.76 Å². The smallest absolute Gasteiger partial charge is 0.371 e. The van der Waals surface area contributed by atoms with Crippen LogP contribution < -0.4 is 14.9 Å². The number of nitrogens with one attached hydrogen (secondary N) is 1. The molecule has 2 aromatic heterocycles. The van der Waals surface area contributed by atoms with Crippen LogP contribution in [0.4, 0.5) is 0 Å². The van der Waals surface area contributed by atoms with E-state index in [0.29, 0.717) is 28.4 Å². The highest BCUT2D eigenvalue weighted by Crippen LogP contribution is 2.28. The van der Waals surface area contributed by atoms with E-state index < -0.39 is 5.97 Å². The van der Waals surface area contributed by atoms with E-state index in [1.54, 1.807) is 30.3 Å². The van der Waals surface area contributed by atoms with Gasteiger partial charge in [-0.1, -0.05) is 6.07 Å². The van der Waals surface area contributed by atoms with Crippen LogP contribution in [0.2, 0.25) is 0 Å². The van der Waals surface area contributed by atoms with Gasteiger partial charge < -0.3 is 23.6 Å². The van der Waals surface area contributed by atoms with Crippen LogP contribution in [0.25, 0.3) is 5.69 Å². The highest BCUT2D eigenvalue weighted by Gasteiger charge is 2.11. The van der Waals surface area contributed by atoms with Gasteiger partial charge in [-0.05, 0) is 66.2 Å². The monoisotopic (exact) mass is 459 g/mol. The average Bonchev–Trinajstić information content (AvgIpc) is 3.56. The van der Waals surface area contributed by atoms with Gasteiger partial charge in [0, 0.05) is 23.6 Å². The number of aromatic nitrogens is 1. The van der Waals surface area contributed by atoms with E-state index >= 15 is 0 Å². The molecule has 0 unspecified atom stereocenters. The molecule has 0 fully saturated rings. The van der Waals surface area contributed by atoms with Gasteiger partial charge in [0.25, 0.3) is 5.91 Å². The van der Waals surface area contributed by atoms with Crippen LogP contribution in [0, 0.1) is 0 Å². The molecule has 0 aliphatic heterocycles. The number of carboxylic acids is 1. The molecule has 1 amide bonds. The predicted molar refractivity (Wildman–Crippen MR) is 124 cm³/mol. The molecule has 34 heavy (non-hydrogen) atoms. The lowest BCUT2D eigenvalue weighted by molar-refractivity contribution is 0.0657. The standard InChI is InChI=1S/C25H21N3O6/c1-32-23-13-17(7-9-21(23)33-16-20-8-10-22(34-20)25(30)31)15-26-27-24(29)18-5-4-6-19(14-18)28-11-2-3-12-28/h2-15H,16H2,1H3,(H,27,29)(H,30,31). The van der Waals surface area contributed by atoms with Crippen LogP contribution in [0.1, 0.15) is 32.2 Å². The number of hydrazone groups is 1. The summed E-state index contributed by atoms with van der Waals surface area (Å²) in [6.45, 7) is 0.0369. The van der Waals surface area contributed by atoms with Crippen LogP contribution in [-0.4, -0.2) is 34.9 Å². The lowest BCUT2D eigenvalue weighted by Gasteiger charge is -2.10. The van der Waals surface area contributed by atoms with E-state index in [0.717, 1.165) is 5.69 Å². The van der Waals surface area contributed by atoms with Crippen LogP contribution in [0.15, 0.2) is 88.6 Å². The largest absolute Gasteiger partial charge is 0.493 e. The molecule has 2 aromatic carbocycles. The van der Waals surface area contributed by atoms with E-state index in [9.17, 15) is 9.59 Å². The zero-order valence-electron chi connectivity index (χ0n) is 18.2. The number of amides is 1. The molecular weight excluding hydrogens is 438 g/mol. The zero-order chi connectivity index (χ0) is 23.9. The van der Waals surface area contributed by atoms with E-state index in [1.807, 2.05) is 41.2 Å². The third-order valence-electron chi connectivity index (χ3n) is 4.82. The summed E-state index contributed by atoms with van der Waals surface area (Å²) in [5.74, 6) is -0.382. The van der Waals surface area contributed by atoms with Crippen molar-refractivity contribution in [2.45, 2.75) is 6.61 Å². The minimum atomic E-state index is -1.15. The maximum atomic E-state index is 12.5. The quantitative estimate of drug-likeness (QED) is 0.287. The predicted octanol–water partition coefficient (Wildman–Crippen LogP) is 4.12. The highest BCUT2D eigenvalue weighted by atomic mass is 16.5. The fourth-order valence-corrected chi connectivity index (χ4v) is 3.15. The molecule has 4 aromatic rings. The zero-order valence-corrected chi connectivity index (χ0v) is 18.2. The second-order valence-electron chi connectivity index (χ2n) is 7.11. The molecule has 172 valence electrons. The Balaban J connectivity index is 1.38. The average molecular weight is 459 g/mol. The summed E-state index contributed by atoms with van der Waals surface area (Å²) in [5, 5.41) is 13.0. The maximum absolute atomic E-state index is 12.5. The number of rotatable bonds is 9. The molecular formula is C25H21N3O6. The fraction of sp³-hybridized carbons (Fsp3) is 0.0800. The third kappa shape index (κ3) is 5.33. The number of nitrogens with zero attached hydrogens (tertiary/aromatic N) is 2. The van der Waals surface area contributed by atoms with Crippen molar-refractivity contribution >= 4 is 18.1 Å². The molecule has 9 nitrogen and oxygen atoms in total. The van der Waals surface area contributed by atoms with Crippen LogP contribution in [0.3, 0.4) is 0 Å². The van der Waals surface area contributed by atoms with E-state index in [2.05, 4.69) is 10.5 Å². The van der Waals surface area contributed by atoms with Gasteiger partial charge in [0.15, 0.2) is 11.5 Å². The number of benzene rings is 2. The van der Waals surface area contributed by atoms with Gasteiger partial charge >= 0.3 is 5.97 Å². The summed E-state index contributed by atoms with van der Waals surface area (Å²) in [6, 6.07) is 19.1. The van der Waals surface area contributed by atoms with Gasteiger partial charge in [-0.25, -0.2) is 10.2 Å². The first-order chi connectivity index (χ1) is 16.5. The number of methoxy groups -OCH3 is 1. The molecule has 0 atom stereocenters. The Morgan fingerprint density at radius 3 is 2.62 bits per heavy atom. The van der Waals surface area contributed by atoms with Crippen LogP contribution in [-0.2, 0) is 6.61 Å². The van der Waals surface area contributed by atoms with E-state index in [4.69, 9.17) is 19.0 Å². The highest BCUT2D eigenvalue weighted by molar-refractivity contribution is 5.95. The Morgan fingerprint density at radius 2 is 1.88 bits per heavy atom. The molecule has 0 aliphatic rings. The Morgan fingerprint density at radius 1 is 1.06 bits per heavy atom. The molecule has 2 heterocycles. The molecule has 0 saturated heterocycles. The number of furan rings is 1. The summed E-state index contributed by atoms with van der Waals surface area (Å²) >= 11 is 0. The number of ether oxygens (including phenoxy) is 2. The third-order valence-corrected chi connectivity index (χ3v) is 4.82. The lowest BCUT2D eigenvalue weighted by Crippen LogP contribution is -2.17. The molecule has 0 aliphatic carbocycles. The minimum absolute atomic E-state index is 0.0369. The molecule has 9 heteroatoms. The van der Waals surface area contributed by atoms with Crippen LogP contribution in [0.5, 0.6) is 11.5 Å². The Labute approximate surface area is 194 Å². The molecule has 0 spiro atoms. The van der Waals surface area contributed by atoms with Crippen molar-refractivity contribution in [3.8, 4) is 17.2 Å². The summed E-state index contributed by atoms with van der Waals surface area (Å²) in [7, 11) is 1.50. The first-order valence-corrected chi connectivity index (χ1v) is 10.2. The van der Waals surface area contributed by atoms with Crippen molar-refractivity contribution in [3.63, 3.8) is 0 Å². The van der Waals surface area contributed by atoms with Crippen LogP contribution >= 0.6 is 0 Å². The molecule has 0 bridgehead atoms. The van der Waals surface area contributed by atoms with Crippen molar-refractivity contribution in [3.05, 3.63) is 102 Å². The molecule has 4 rings (SSSR count). The van der Waals surface area contributed by atoms with E-state index in [1.165, 1.54) is 25.5 Å². The Bertz CT molecular complexity index is 1320. The summed E-state index contributed by atoms with van der Waals surface area (Å²) in [5.41, 5.74) is 4.55. The van der Waals surface area contributed by atoms with Gasteiger partial charge in [0.05, 0.1) is 13.3 Å². The van der Waals surface area contributed by atoms with Gasteiger partial charge in [-0.15, -0.1) is 0 Å². The molecule has 0 radical (unpaired) electrons. The molecule has 0 saturated carbocycles. The number of carbonyl (C=O) groups is 2. The topological polar surface area (TPSA) is 115 Å². The first kappa shape index (κ1) is 22.4. The SMILES string of the molecule is COc1cc(C=NNC(=O)c2cccc(-n3cccc3)c2)ccc1OCc1ccc(C(=O)O)o1. The summed E-state index contributed by atoms with van der Waals surface area (Å²) < 4.78 is 18.1. The van der Waals surface area contributed by atoms with Gasteiger partial charge in [-0.2, -0.15) is 5.10 Å². The normalized spacial score (nSPS) is 10.9. The van der Waals surface area contributed by atoms with Crippen molar-refractivity contribution in [2.75, 3.05) is 7.11 Å². The van der Waals surface area contributed by atoms with Crippen molar-refractivity contribution in [1.29, 1.82) is 0 Å². The lowest BCUT2D eigenvalue weighted by atomic mass is 10.2. The number of hydrogen-bond donors (Lipinski definition) is 2. The summed E-state index contributed by atoms with van der Waals surface area (Å²) in [4.78, 5) is 23.4. The number of carboxylic acid groups (broad SMARTS) is 1. The maximum Gasteiger partial charge on any atom is 0.371 e. The second kappa shape index (κ2) is 10.2. The Kier molecular flexibility index (Phi) is 6.73. The summed E-state index contributed by atoms with van der Waals surface area (Å²) in [6.07, 6.45) is 5.29. The molecule has 2 N–H and O–H groups in total. The van der Waals surface area contributed by atoms with Gasteiger partial charge in [-0.3, -0.25) is 4.79 Å². The second-order valence-corrected chi connectivity index (χ2v) is 7.11. The fourth-order valence-electron chi connectivity index (χ4n) is 3.15. The number of hydrogen-bond acceptors (Lipinski definition) is 6. The van der Waals surface area contributed by atoms with Crippen molar-refractivity contribution in [1.82, 2.24) is 9.99 Å².